The fraction of sp³-hybridized carbons (Fsp3) is 0.500. The fourth-order valence-corrected chi connectivity index (χ4v) is 4.62. The van der Waals surface area contributed by atoms with Gasteiger partial charge in [0.25, 0.3) is 0 Å². The third-order valence-electron chi connectivity index (χ3n) is 5.83. The quantitative estimate of drug-likeness (QED) is 0.409. The van der Waals surface area contributed by atoms with Crippen molar-refractivity contribution in [2.45, 2.75) is 64.7 Å². The van der Waals surface area contributed by atoms with E-state index in [4.69, 9.17) is 17.0 Å². The van der Waals surface area contributed by atoms with Gasteiger partial charge in [0, 0.05) is 5.39 Å². The Hall–Kier alpha value is -1.20. The second-order valence-corrected chi connectivity index (χ2v) is 8.55. The smallest absolute Gasteiger partial charge is 0.223 e. The highest BCUT2D eigenvalue weighted by Crippen LogP contribution is 2.40. The molecular formula is C22H26F2OS2. The van der Waals surface area contributed by atoms with E-state index in [0.717, 1.165) is 18.8 Å². The van der Waals surface area contributed by atoms with Crippen molar-refractivity contribution < 1.29 is 13.5 Å². The highest BCUT2D eigenvalue weighted by molar-refractivity contribution is 8.10. The summed E-state index contributed by atoms with van der Waals surface area (Å²) in [5.74, 6) is -0.541. The van der Waals surface area contributed by atoms with Crippen LogP contribution in [0.4, 0.5) is 8.78 Å². The highest BCUT2D eigenvalue weighted by atomic mass is 32.1. The normalized spacial score (nSPS) is 20.0. The molecule has 0 N–H and O–H groups in total. The predicted molar refractivity (Wildman–Crippen MR) is 115 cm³/mol. The van der Waals surface area contributed by atoms with E-state index < -0.39 is 17.4 Å². The number of ether oxygens (including phenoxy) is 1. The SMILES string of the molecule is CCCC1CCC(c2ccc3c(F)c(OC(=S)S)c(F)c(CC)c3c2)CC1. The van der Waals surface area contributed by atoms with Crippen molar-refractivity contribution in [1.29, 1.82) is 0 Å². The average Bonchev–Trinajstić information content (AvgIpc) is 2.66. The first kappa shape index (κ1) is 20.5. The van der Waals surface area contributed by atoms with Crippen LogP contribution < -0.4 is 4.74 Å². The molecule has 2 aromatic rings. The number of thiol groups is 1. The van der Waals surface area contributed by atoms with Crippen molar-refractivity contribution in [3.8, 4) is 5.75 Å². The Morgan fingerprint density at radius 3 is 2.41 bits per heavy atom. The van der Waals surface area contributed by atoms with Gasteiger partial charge in [-0.05, 0) is 72.7 Å². The largest absolute Gasteiger partial charge is 0.434 e. The summed E-state index contributed by atoms with van der Waals surface area (Å²) in [6.07, 6.45) is 7.78. The van der Waals surface area contributed by atoms with Crippen LogP contribution >= 0.6 is 24.8 Å². The van der Waals surface area contributed by atoms with E-state index >= 15 is 0 Å². The molecule has 0 bridgehead atoms. The summed E-state index contributed by atoms with van der Waals surface area (Å²) < 4.78 is 34.6. The summed E-state index contributed by atoms with van der Waals surface area (Å²) in [7, 11) is 0. The zero-order valence-corrected chi connectivity index (χ0v) is 17.6. The first-order valence-corrected chi connectivity index (χ1v) is 10.7. The summed E-state index contributed by atoms with van der Waals surface area (Å²) in [6, 6.07) is 5.72. The molecule has 146 valence electrons. The minimum Gasteiger partial charge on any atom is -0.434 e. The number of aryl methyl sites for hydroxylation is 1. The number of rotatable bonds is 5. The lowest BCUT2D eigenvalue weighted by molar-refractivity contribution is 0.308. The van der Waals surface area contributed by atoms with Crippen molar-refractivity contribution in [2.75, 3.05) is 0 Å². The molecule has 1 saturated carbocycles. The number of thiocarbonyl (C=S) groups is 1. The molecule has 0 aromatic heterocycles. The minimum absolute atomic E-state index is 0.199. The number of fused-ring (bicyclic) bond motifs is 1. The molecule has 1 nitrogen and oxygen atoms in total. The van der Waals surface area contributed by atoms with Gasteiger partial charge in [0.05, 0.1) is 0 Å². The van der Waals surface area contributed by atoms with Crippen LogP contribution in [0.15, 0.2) is 18.2 Å². The maximum atomic E-state index is 14.9. The maximum Gasteiger partial charge on any atom is 0.223 e. The van der Waals surface area contributed by atoms with Gasteiger partial charge in [-0.3, -0.25) is 0 Å². The monoisotopic (exact) mass is 408 g/mol. The zero-order chi connectivity index (χ0) is 19.6. The molecule has 0 aliphatic heterocycles. The predicted octanol–water partition coefficient (Wildman–Crippen LogP) is 7.35. The molecular weight excluding hydrogens is 382 g/mol. The van der Waals surface area contributed by atoms with Crippen LogP contribution in [-0.2, 0) is 6.42 Å². The van der Waals surface area contributed by atoms with Gasteiger partial charge in [0.15, 0.2) is 11.6 Å². The Morgan fingerprint density at radius 2 is 1.81 bits per heavy atom. The van der Waals surface area contributed by atoms with E-state index in [1.807, 2.05) is 19.1 Å². The number of hydrogen-bond acceptors (Lipinski definition) is 2. The summed E-state index contributed by atoms with van der Waals surface area (Å²) in [5, 5.41) is 1.01. The van der Waals surface area contributed by atoms with Gasteiger partial charge in [0.1, 0.15) is 0 Å². The summed E-state index contributed by atoms with van der Waals surface area (Å²) in [6.45, 7) is 4.10. The zero-order valence-electron chi connectivity index (χ0n) is 15.9. The second-order valence-electron chi connectivity index (χ2n) is 7.47. The Morgan fingerprint density at radius 1 is 1.11 bits per heavy atom. The van der Waals surface area contributed by atoms with Crippen molar-refractivity contribution in [3.63, 3.8) is 0 Å². The van der Waals surface area contributed by atoms with Gasteiger partial charge in [-0.25, -0.2) is 8.78 Å². The van der Waals surface area contributed by atoms with Crippen LogP contribution in [0.2, 0.25) is 0 Å². The molecule has 0 saturated heterocycles. The van der Waals surface area contributed by atoms with Gasteiger partial charge in [0.2, 0.25) is 10.1 Å². The number of benzene rings is 2. The summed E-state index contributed by atoms with van der Waals surface area (Å²) >= 11 is 8.59. The Kier molecular flexibility index (Phi) is 6.74. The first-order chi connectivity index (χ1) is 13.0. The molecule has 0 heterocycles. The Labute approximate surface area is 170 Å². The average molecular weight is 409 g/mol. The summed E-state index contributed by atoms with van der Waals surface area (Å²) in [4.78, 5) is 0. The van der Waals surface area contributed by atoms with E-state index in [1.165, 1.54) is 31.2 Å². The van der Waals surface area contributed by atoms with E-state index in [1.54, 1.807) is 6.07 Å². The topological polar surface area (TPSA) is 9.23 Å². The number of hydrogen-bond donors (Lipinski definition) is 1. The van der Waals surface area contributed by atoms with E-state index in [2.05, 4.69) is 19.6 Å². The fourth-order valence-electron chi connectivity index (χ4n) is 4.45. The van der Waals surface area contributed by atoms with Crippen LogP contribution in [0.25, 0.3) is 10.8 Å². The molecule has 1 aliphatic carbocycles. The minimum atomic E-state index is -0.714. The van der Waals surface area contributed by atoms with Gasteiger partial charge in [-0.2, -0.15) is 0 Å². The second kappa shape index (κ2) is 8.87. The molecule has 0 unspecified atom stereocenters. The molecule has 5 heteroatoms. The lowest BCUT2D eigenvalue weighted by Gasteiger charge is -2.29. The van der Waals surface area contributed by atoms with Gasteiger partial charge in [-0.1, -0.05) is 57.5 Å². The molecule has 0 radical (unpaired) electrons. The van der Waals surface area contributed by atoms with Crippen LogP contribution in [0, 0.1) is 17.6 Å². The van der Waals surface area contributed by atoms with Crippen molar-refractivity contribution in [3.05, 3.63) is 41.0 Å². The highest BCUT2D eigenvalue weighted by Gasteiger charge is 2.25. The van der Waals surface area contributed by atoms with Crippen molar-refractivity contribution >= 4 is 40.0 Å². The van der Waals surface area contributed by atoms with Crippen molar-refractivity contribution in [2.24, 2.45) is 5.92 Å². The lowest BCUT2D eigenvalue weighted by Crippen LogP contribution is -2.13. The molecule has 0 amide bonds. The third-order valence-corrected chi connectivity index (χ3v) is 6.00. The van der Waals surface area contributed by atoms with E-state index in [9.17, 15) is 8.78 Å². The molecule has 27 heavy (non-hydrogen) atoms. The van der Waals surface area contributed by atoms with Gasteiger partial charge in [-0.15, -0.1) is 0 Å². The van der Waals surface area contributed by atoms with Crippen LogP contribution in [0.3, 0.4) is 0 Å². The molecule has 0 atom stereocenters. The van der Waals surface area contributed by atoms with E-state index in [-0.39, 0.29) is 4.38 Å². The molecule has 3 rings (SSSR count). The van der Waals surface area contributed by atoms with Crippen molar-refractivity contribution in [1.82, 2.24) is 0 Å². The Bertz CT molecular complexity index is 842. The first-order valence-electron chi connectivity index (χ1n) is 9.80. The Balaban J connectivity index is 1.99. The standard InChI is InChI=1S/C22H26F2OS2/c1-3-5-13-6-8-14(9-7-13)15-10-11-17-18(12-15)16(4-2)19(23)21(20(17)24)25-22(26)27/h10-14H,3-9H2,1-2H3,(H,26,27). The molecule has 2 aromatic carbocycles. The van der Waals surface area contributed by atoms with Crippen LogP contribution in [0.1, 0.15) is 69.4 Å². The lowest BCUT2D eigenvalue weighted by atomic mass is 9.77. The third kappa shape index (κ3) is 4.29. The summed E-state index contributed by atoms with van der Waals surface area (Å²) in [5.41, 5.74) is 1.65. The van der Waals surface area contributed by atoms with E-state index in [0.29, 0.717) is 28.7 Å². The number of halogens is 2. The molecule has 1 fully saturated rings. The van der Waals surface area contributed by atoms with Gasteiger partial charge < -0.3 is 4.74 Å². The molecule has 0 spiro atoms. The van der Waals surface area contributed by atoms with Gasteiger partial charge >= 0.3 is 0 Å². The van der Waals surface area contributed by atoms with Crippen LogP contribution in [0.5, 0.6) is 5.75 Å². The van der Waals surface area contributed by atoms with Crippen LogP contribution in [-0.4, -0.2) is 4.38 Å². The maximum absolute atomic E-state index is 14.9. The molecule has 1 aliphatic rings.